The molecular weight excluding hydrogens is 416 g/mol. The number of amides is 1. The molecule has 1 aromatic carbocycles. The molecule has 178 valence electrons. The number of ether oxygens (including phenoxy) is 2. The molecule has 0 saturated carbocycles. The van der Waals surface area contributed by atoms with E-state index in [0.29, 0.717) is 26.1 Å². The molecule has 33 heavy (non-hydrogen) atoms. The van der Waals surface area contributed by atoms with E-state index >= 15 is 0 Å². The number of aliphatic hydroxyl groups is 1. The zero-order valence-electron chi connectivity index (χ0n) is 20.4. The van der Waals surface area contributed by atoms with Gasteiger partial charge in [0.15, 0.2) is 0 Å². The van der Waals surface area contributed by atoms with Crippen molar-refractivity contribution in [3.05, 3.63) is 64.3 Å². The van der Waals surface area contributed by atoms with Gasteiger partial charge >= 0.3 is 6.09 Å². The van der Waals surface area contributed by atoms with E-state index in [4.69, 9.17) is 9.47 Å². The van der Waals surface area contributed by atoms with Crippen molar-refractivity contribution in [3.8, 4) is 5.75 Å². The van der Waals surface area contributed by atoms with E-state index in [9.17, 15) is 9.90 Å². The van der Waals surface area contributed by atoms with Crippen LogP contribution in [-0.2, 0) is 24.2 Å². The van der Waals surface area contributed by atoms with Gasteiger partial charge in [-0.2, -0.15) is 0 Å². The normalized spacial score (nSPS) is 15.9. The molecule has 1 aromatic heterocycles. The minimum atomic E-state index is -0.687. The minimum Gasteiger partial charge on any atom is -0.491 e. The Balaban J connectivity index is 1.90. The molecule has 1 unspecified atom stereocenters. The first kappa shape index (κ1) is 24.6. The van der Waals surface area contributed by atoms with Crippen LogP contribution in [0.25, 0.3) is 12.2 Å². The van der Waals surface area contributed by atoms with E-state index in [0.717, 1.165) is 33.1 Å². The zero-order chi connectivity index (χ0) is 24.2. The maximum Gasteiger partial charge on any atom is 0.410 e. The van der Waals surface area contributed by atoms with Crippen LogP contribution in [-0.4, -0.2) is 45.5 Å². The van der Waals surface area contributed by atoms with Crippen LogP contribution < -0.4 is 15.3 Å². The standard InChI is InChI=1S/C27H36N2O4/c1-7-22-23-17-28(26(31)33-27(4,5)6)14-13-24(23)29(25(22)15-19(2)3)16-20(30)18-32-21-11-9-8-10-12-21/h7-12,15,20,30H,2,13-14,16-18H2,1,3-6H3/b22-7-,25-15+. The summed E-state index contributed by atoms with van der Waals surface area (Å²) in [6.45, 7) is 15.3. The number of nitrogens with zero attached hydrogens (tertiary/aromatic N) is 2. The molecule has 0 radical (unpaired) electrons. The van der Waals surface area contributed by atoms with Crippen LogP contribution in [0.3, 0.4) is 0 Å². The average molecular weight is 453 g/mol. The van der Waals surface area contributed by atoms with Crippen molar-refractivity contribution in [1.29, 1.82) is 0 Å². The number of benzene rings is 1. The fraction of sp³-hybridized carbons (Fsp3) is 0.444. The Morgan fingerprint density at radius 3 is 2.58 bits per heavy atom. The van der Waals surface area contributed by atoms with Gasteiger partial charge in [-0.05, 0) is 52.8 Å². The first-order valence-electron chi connectivity index (χ1n) is 11.5. The number of rotatable bonds is 6. The quantitative estimate of drug-likeness (QED) is 0.730. The Morgan fingerprint density at radius 1 is 1.27 bits per heavy atom. The molecule has 1 N–H and O–H groups in total. The van der Waals surface area contributed by atoms with Gasteiger partial charge < -0.3 is 24.0 Å². The number of allylic oxidation sites excluding steroid dienone is 1. The second-order valence-corrected chi connectivity index (χ2v) is 9.54. The molecule has 1 aliphatic rings. The van der Waals surface area contributed by atoms with Crippen LogP contribution in [0.15, 0.2) is 42.5 Å². The fourth-order valence-corrected chi connectivity index (χ4v) is 4.11. The van der Waals surface area contributed by atoms with Crippen LogP contribution in [0.1, 0.15) is 45.9 Å². The summed E-state index contributed by atoms with van der Waals surface area (Å²) in [5.74, 6) is 0.732. The predicted octanol–water partition coefficient (Wildman–Crippen LogP) is 3.38. The second kappa shape index (κ2) is 10.3. The summed E-state index contributed by atoms with van der Waals surface area (Å²) in [5, 5.41) is 12.9. The molecule has 0 spiro atoms. The third-order valence-corrected chi connectivity index (χ3v) is 5.44. The van der Waals surface area contributed by atoms with Crippen LogP contribution in [0.4, 0.5) is 4.79 Å². The van der Waals surface area contributed by atoms with Crippen molar-refractivity contribution in [2.24, 2.45) is 0 Å². The molecule has 0 saturated heterocycles. The van der Waals surface area contributed by atoms with E-state index < -0.39 is 11.7 Å². The lowest BCUT2D eigenvalue weighted by Gasteiger charge is -2.31. The van der Waals surface area contributed by atoms with Gasteiger partial charge in [0.1, 0.15) is 24.1 Å². The highest BCUT2D eigenvalue weighted by molar-refractivity contribution is 5.68. The van der Waals surface area contributed by atoms with Crippen LogP contribution in [0.2, 0.25) is 0 Å². The number of hydrogen-bond donors (Lipinski definition) is 1. The molecule has 2 heterocycles. The first-order valence-corrected chi connectivity index (χ1v) is 11.5. The third-order valence-electron chi connectivity index (χ3n) is 5.44. The monoisotopic (exact) mass is 452 g/mol. The fourth-order valence-electron chi connectivity index (χ4n) is 4.11. The van der Waals surface area contributed by atoms with Crippen molar-refractivity contribution in [2.45, 2.75) is 65.8 Å². The Morgan fingerprint density at radius 2 is 1.97 bits per heavy atom. The van der Waals surface area contributed by atoms with Crippen LogP contribution in [0, 0.1) is 0 Å². The maximum absolute atomic E-state index is 12.7. The molecule has 3 rings (SSSR count). The van der Waals surface area contributed by atoms with E-state index in [1.807, 2.05) is 71.0 Å². The smallest absolute Gasteiger partial charge is 0.410 e. The highest BCUT2D eigenvalue weighted by atomic mass is 16.6. The average Bonchev–Trinajstić information content (AvgIpc) is 3.02. The van der Waals surface area contributed by atoms with Crippen molar-refractivity contribution >= 4 is 18.2 Å². The number of aliphatic hydroxyl groups excluding tert-OH is 1. The third kappa shape index (κ3) is 6.29. The number of fused-ring (bicyclic) bond motifs is 1. The summed E-state index contributed by atoms with van der Waals surface area (Å²) in [6, 6.07) is 9.49. The number of carbonyl (C=O) groups is 1. The van der Waals surface area contributed by atoms with E-state index in [2.05, 4.69) is 17.2 Å². The highest BCUT2D eigenvalue weighted by Crippen LogP contribution is 2.19. The van der Waals surface area contributed by atoms with Gasteiger partial charge in [0.25, 0.3) is 0 Å². The number of para-hydroxylation sites is 1. The van der Waals surface area contributed by atoms with Crippen molar-refractivity contribution in [1.82, 2.24) is 9.47 Å². The van der Waals surface area contributed by atoms with Crippen molar-refractivity contribution in [2.75, 3.05) is 13.2 Å². The molecule has 0 fully saturated rings. The summed E-state index contributed by atoms with van der Waals surface area (Å²) >= 11 is 0. The Bertz CT molecular complexity index is 1110. The zero-order valence-corrected chi connectivity index (χ0v) is 20.4. The Kier molecular flexibility index (Phi) is 7.69. The van der Waals surface area contributed by atoms with Crippen molar-refractivity contribution < 1.29 is 19.4 Å². The lowest BCUT2D eigenvalue weighted by atomic mass is 10.1. The van der Waals surface area contributed by atoms with Gasteiger partial charge in [0.2, 0.25) is 0 Å². The summed E-state index contributed by atoms with van der Waals surface area (Å²) in [5.41, 5.74) is 2.62. The molecule has 1 atom stereocenters. The van der Waals surface area contributed by atoms with Crippen LogP contribution >= 0.6 is 0 Å². The lowest BCUT2D eigenvalue weighted by molar-refractivity contribution is 0.0220. The highest BCUT2D eigenvalue weighted by Gasteiger charge is 2.29. The first-order chi connectivity index (χ1) is 15.6. The Labute approximate surface area is 196 Å². The van der Waals surface area contributed by atoms with E-state index in [-0.39, 0.29) is 12.7 Å². The van der Waals surface area contributed by atoms with E-state index in [1.165, 1.54) is 0 Å². The maximum atomic E-state index is 12.7. The van der Waals surface area contributed by atoms with E-state index in [1.54, 1.807) is 4.90 Å². The summed E-state index contributed by atoms with van der Waals surface area (Å²) in [6.07, 6.45) is 3.80. The van der Waals surface area contributed by atoms with Gasteiger partial charge in [-0.25, -0.2) is 4.79 Å². The topological polar surface area (TPSA) is 63.9 Å². The largest absolute Gasteiger partial charge is 0.491 e. The van der Waals surface area contributed by atoms with Gasteiger partial charge in [-0.3, -0.25) is 0 Å². The van der Waals surface area contributed by atoms with Crippen LogP contribution in [0.5, 0.6) is 5.75 Å². The summed E-state index contributed by atoms with van der Waals surface area (Å²) in [4.78, 5) is 14.5. The molecule has 1 amide bonds. The lowest BCUT2D eigenvalue weighted by Crippen LogP contribution is -2.41. The molecule has 0 aliphatic carbocycles. The molecular formula is C27H36N2O4. The van der Waals surface area contributed by atoms with Gasteiger partial charge in [0, 0.05) is 34.8 Å². The number of aromatic nitrogens is 1. The SMILES string of the molecule is C=C(C)/C=c1\c(=C/C)c2c(n1CC(O)COc1ccccc1)CCN(C(=O)OC(C)(C)C)C2. The summed E-state index contributed by atoms with van der Waals surface area (Å²) in [7, 11) is 0. The predicted molar refractivity (Wildman–Crippen MR) is 131 cm³/mol. The molecule has 2 aromatic rings. The molecule has 1 aliphatic heterocycles. The minimum absolute atomic E-state index is 0.193. The van der Waals surface area contributed by atoms with Gasteiger partial charge in [-0.1, -0.05) is 36.4 Å². The molecule has 6 heteroatoms. The van der Waals surface area contributed by atoms with Crippen molar-refractivity contribution in [3.63, 3.8) is 0 Å². The van der Waals surface area contributed by atoms with Gasteiger partial charge in [-0.15, -0.1) is 0 Å². The molecule has 6 nitrogen and oxygen atoms in total. The molecule has 0 bridgehead atoms. The Hall–Kier alpha value is -2.99. The van der Waals surface area contributed by atoms with Gasteiger partial charge in [0.05, 0.1) is 13.1 Å². The number of carbonyl (C=O) groups excluding carboxylic acids is 1. The summed E-state index contributed by atoms with van der Waals surface area (Å²) < 4.78 is 13.5. The number of hydrogen-bond acceptors (Lipinski definition) is 4. The second-order valence-electron chi connectivity index (χ2n) is 9.54.